The predicted octanol–water partition coefficient (Wildman–Crippen LogP) is 3.09. The third-order valence-corrected chi connectivity index (χ3v) is 6.47. The molecule has 0 radical (unpaired) electrons. The minimum atomic E-state index is -0.691. The number of hydrogen-bond acceptors (Lipinski definition) is 5. The van der Waals surface area contributed by atoms with E-state index in [4.69, 9.17) is 4.74 Å². The summed E-state index contributed by atoms with van der Waals surface area (Å²) in [5.41, 5.74) is 0.980. The van der Waals surface area contributed by atoms with Gasteiger partial charge in [-0.3, -0.25) is 14.3 Å². The van der Waals surface area contributed by atoms with Crippen LogP contribution < -0.4 is 10.2 Å². The van der Waals surface area contributed by atoms with Gasteiger partial charge >= 0.3 is 0 Å². The van der Waals surface area contributed by atoms with Gasteiger partial charge in [0.05, 0.1) is 25.4 Å². The summed E-state index contributed by atoms with van der Waals surface area (Å²) in [4.78, 5) is 27.0. The summed E-state index contributed by atoms with van der Waals surface area (Å²) in [6, 6.07) is 13.3. The molecule has 7 nitrogen and oxygen atoms in total. The van der Waals surface area contributed by atoms with Crippen LogP contribution in [0.5, 0.6) is 11.5 Å². The van der Waals surface area contributed by atoms with Crippen molar-refractivity contribution in [2.24, 2.45) is 0 Å². The van der Waals surface area contributed by atoms with E-state index in [0.717, 1.165) is 30.2 Å². The second kappa shape index (κ2) is 7.78. The number of halogens is 1. The Morgan fingerprint density at radius 3 is 2.41 bits per heavy atom. The summed E-state index contributed by atoms with van der Waals surface area (Å²) in [6.45, 7) is 0.543. The molecule has 3 aromatic rings. The largest absolute Gasteiger partial charge is 0.502 e. The normalized spacial score (nSPS) is 20.6. The topological polar surface area (TPSA) is 84.7 Å². The maximum Gasteiger partial charge on any atom is 0.276 e. The lowest BCUT2D eigenvalue weighted by Crippen LogP contribution is -2.50. The zero-order valence-electron chi connectivity index (χ0n) is 17.4. The lowest BCUT2D eigenvalue weighted by molar-refractivity contribution is 0.0565. The molecule has 5 rings (SSSR count). The van der Waals surface area contributed by atoms with Crippen molar-refractivity contribution in [2.45, 2.75) is 30.8 Å². The first-order chi connectivity index (χ1) is 15.5. The average Bonchev–Trinajstić information content (AvgIpc) is 3.30. The van der Waals surface area contributed by atoms with Crippen molar-refractivity contribution in [1.29, 1.82) is 0 Å². The molecule has 164 valence electrons. The first-order valence-electron chi connectivity index (χ1n) is 10.5. The van der Waals surface area contributed by atoms with E-state index in [1.807, 2.05) is 24.3 Å². The minimum absolute atomic E-state index is 0.0960. The van der Waals surface area contributed by atoms with E-state index in [1.54, 1.807) is 24.1 Å². The number of aromatic hydroxyl groups is 1. The van der Waals surface area contributed by atoms with Crippen LogP contribution in [0.3, 0.4) is 0 Å². The van der Waals surface area contributed by atoms with Crippen molar-refractivity contribution in [3.05, 3.63) is 87.6 Å². The third kappa shape index (κ3) is 3.14. The van der Waals surface area contributed by atoms with E-state index in [-0.39, 0.29) is 29.4 Å². The number of amides is 1. The number of hydrogen-bond donors (Lipinski definition) is 1. The monoisotopic (exact) mass is 435 g/mol. The molecule has 1 fully saturated rings. The lowest BCUT2D eigenvalue weighted by atomic mass is 9.80. The standard InChI is InChI=1S/C24H22FN3O4/c1-32-17-10-6-15(7-11-17)20(14-4-8-16(25)9-5-14)21-18-3-2-12-27(18)24(31)22-23(30)19(29)13-26-28(21)22/h4-11,13,18,20-21,30H,2-3,12H2,1H3/t18-,20?,21-/m1/s1. The molecule has 1 amide bonds. The van der Waals surface area contributed by atoms with E-state index in [2.05, 4.69) is 5.10 Å². The van der Waals surface area contributed by atoms with E-state index < -0.39 is 17.2 Å². The van der Waals surface area contributed by atoms with Gasteiger partial charge in [-0.05, 0) is 48.2 Å². The minimum Gasteiger partial charge on any atom is -0.502 e. The molecule has 8 heteroatoms. The molecule has 3 atom stereocenters. The van der Waals surface area contributed by atoms with Crippen LogP contribution in [0.2, 0.25) is 0 Å². The van der Waals surface area contributed by atoms with Crippen LogP contribution in [0, 0.1) is 5.82 Å². The van der Waals surface area contributed by atoms with Crippen LogP contribution in [0.4, 0.5) is 4.39 Å². The number of fused-ring (bicyclic) bond motifs is 2. The summed E-state index contributed by atoms with van der Waals surface area (Å²) >= 11 is 0. The highest BCUT2D eigenvalue weighted by Gasteiger charge is 2.48. The van der Waals surface area contributed by atoms with Crippen LogP contribution in [0.1, 0.15) is 46.4 Å². The second-order valence-electron chi connectivity index (χ2n) is 8.15. The Labute approximate surface area is 183 Å². The number of carbonyl (C=O) groups is 1. The summed E-state index contributed by atoms with van der Waals surface area (Å²) in [7, 11) is 1.59. The van der Waals surface area contributed by atoms with Gasteiger partial charge in [-0.2, -0.15) is 5.10 Å². The third-order valence-electron chi connectivity index (χ3n) is 6.47. The lowest BCUT2D eigenvalue weighted by Gasteiger charge is -2.42. The smallest absolute Gasteiger partial charge is 0.276 e. The molecule has 1 N–H and O–H groups in total. The summed E-state index contributed by atoms with van der Waals surface area (Å²) in [6.07, 6.45) is 2.61. The highest BCUT2D eigenvalue weighted by molar-refractivity contribution is 5.96. The molecular weight excluding hydrogens is 413 g/mol. The Morgan fingerprint density at radius 1 is 1.09 bits per heavy atom. The number of ether oxygens (including phenoxy) is 1. The van der Waals surface area contributed by atoms with Crippen molar-refractivity contribution in [3.8, 4) is 11.5 Å². The number of benzene rings is 2. The van der Waals surface area contributed by atoms with Crippen LogP contribution in [0.15, 0.2) is 59.5 Å². The van der Waals surface area contributed by atoms with Gasteiger partial charge in [0.25, 0.3) is 5.91 Å². The van der Waals surface area contributed by atoms with Gasteiger partial charge < -0.3 is 14.7 Å². The van der Waals surface area contributed by atoms with Crippen molar-refractivity contribution in [2.75, 3.05) is 13.7 Å². The van der Waals surface area contributed by atoms with E-state index in [0.29, 0.717) is 12.3 Å². The van der Waals surface area contributed by atoms with Gasteiger partial charge in [0.2, 0.25) is 5.43 Å². The number of rotatable bonds is 4. The van der Waals surface area contributed by atoms with Gasteiger partial charge in [0, 0.05) is 12.5 Å². The molecule has 1 aromatic heterocycles. The first kappa shape index (κ1) is 20.2. The molecule has 0 saturated carbocycles. The van der Waals surface area contributed by atoms with Crippen LogP contribution in [-0.2, 0) is 0 Å². The zero-order valence-corrected chi connectivity index (χ0v) is 17.4. The van der Waals surface area contributed by atoms with Crippen LogP contribution in [-0.4, -0.2) is 45.4 Å². The molecular formula is C24H22FN3O4. The number of methoxy groups -OCH3 is 1. The van der Waals surface area contributed by atoms with Crippen molar-refractivity contribution in [1.82, 2.24) is 14.7 Å². The highest BCUT2D eigenvalue weighted by atomic mass is 19.1. The fraction of sp³-hybridized carbons (Fsp3) is 0.292. The molecule has 0 bridgehead atoms. The number of nitrogens with zero attached hydrogens (tertiary/aromatic N) is 3. The number of carbonyl (C=O) groups excluding carboxylic acids is 1. The molecule has 2 aromatic carbocycles. The zero-order chi connectivity index (χ0) is 22.4. The Hall–Kier alpha value is -3.68. The number of aromatic nitrogens is 2. The Kier molecular flexibility index (Phi) is 4.92. The molecule has 0 spiro atoms. The van der Waals surface area contributed by atoms with Gasteiger partial charge in [-0.25, -0.2) is 4.39 Å². The SMILES string of the molecule is COc1ccc(C(c2ccc(F)cc2)[C@H]2[C@H]3CCCN3C(=O)c3c(O)c(=O)cnn32)cc1. The Morgan fingerprint density at radius 2 is 1.75 bits per heavy atom. The highest BCUT2D eigenvalue weighted by Crippen LogP contribution is 2.45. The maximum atomic E-state index is 13.7. The Balaban J connectivity index is 1.75. The van der Waals surface area contributed by atoms with Crippen LogP contribution >= 0.6 is 0 Å². The molecule has 32 heavy (non-hydrogen) atoms. The maximum absolute atomic E-state index is 13.7. The van der Waals surface area contributed by atoms with Gasteiger partial charge in [0.1, 0.15) is 11.6 Å². The van der Waals surface area contributed by atoms with E-state index in [9.17, 15) is 19.1 Å². The quantitative estimate of drug-likeness (QED) is 0.681. The van der Waals surface area contributed by atoms with Crippen molar-refractivity contribution >= 4 is 5.91 Å². The van der Waals surface area contributed by atoms with Gasteiger partial charge in [-0.15, -0.1) is 0 Å². The molecule has 2 aliphatic heterocycles. The summed E-state index contributed by atoms with van der Waals surface area (Å²) in [5, 5.41) is 14.8. The van der Waals surface area contributed by atoms with E-state index >= 15 is 0 Å². The fourth-order valence-corrected chi connectivity index (χ4v) is 5.01. The van der Waals surface area contributed by atoms with Crippen molar-refractivity contribution in [3.63, 3.8) is 0 Å². The van der Waals surface area contributed by atoms with Gasteiger partial charge in [0.15, 0.2) is 11.4 Å². The van der Waals surface area contributed by atoms with Gasteiger partial charge in [-0.1, -0.05) is 24.3 Å². The molecule has 2 aliphatic rings. The summed E-state index contributed by atoms with van der Waals surface area (Å²) in [5.74, 6) is -0.934. The average molecular weight is 435 g/mol. The molecule has 1 unspecified atom stereocenters. The van der Waals surface area contributed by atoms with E-state index in [1.165, 1.54) is 16.8 Å². The van der Waals surface area contributed by atoms with Crippen molar-refractivity contribution < 1.29 is 19.0 Å². The Bertz CT molecular complexity index is 1220. The fourth-order valence-electron chi connectivity index (χ4n) is 5.01. The summed E-state index contributed by atoms with van der Waals surface area (Å²) < 4.78 is 20.5. The second-order valence-corrected chi connectivity index (χ2v) is 8.15. The molecule has 3 heterocycles. The molecule has 0 aliphatic carbocycles. The molecule has 1 saturated heterocycles. The van der Waals surface area contributed by atoms with Crippen LogP contribution in [0.25, 0.3) is 0 Å². The first-order valence-corrected chi connectivity index (χ1v) is 10.5. The predicted molar refractivity (Wildman–Crippen MR) is 114 cm³/mol.